The number of nitrogens with two attached hydrogens (primary N) is 1. The highest BCUT2D eigenvalue weighted by Gasteiger charge is 2.40. The van der Waals surface area contributed by atoms with Crippen LogP contribution in [0.15, 0.2) is 18.2 Å². The quantitative estimate of drug-likeness (QED) is 0.750. The van der Waals surface area contributed by atoms with Crippen LogP contribution in [-0.2, 0) is 0 Å². The molecule has 88 valence electrons. The smallest absolute Gasteiger partial charge is 0.121 e. The fraction of sp³-hybridized carbons (Fsp3) is 0.538. The first kappa shape index (κ1) is 11.1. The van der Waals surface area contributed by atoms with E-state index in [2.05, 4.69) is 12.2 Å². The molecule has 0 atom stereocenters. The molecular formula is C13H20N2O. The number of anilines is 2. The van der Waals surface area contributed by atoms with Crippen molar-refractivity contribution in [1.29, 1.82) is 0 Å². The molecule has 3 N–H and O–H groups in total. The van der Waals surface area contributed by atoms with Gasteiger partial charge in [-0.2, -0.15) is 0 Å². The molecule has 1 fully saturated rings. The number of ether oxygens (including phenoxy) is 1. The van der Waals surface area contributed by atoms with E-state index in [-0.39, 0.29) is 0 Å². The van der Waals surface area contributed by atoms with E-state index in [0.717, 1.165) is 23.7 Å². The summed E-state index contributed by atoms with van der Waals surface area (Å²) in [6, 6.07) is 5.72. The summed E-state index contributed by atoms with van der Waals surface area (Å²) in [4.78, 5) is 0. The number of nitrogens with one attached hydrogen (secondary N) is 1. The van der Waals surface area contributed by atoms with Crippen molar-refractivity contribution in [3.05, 3.63) is 18.2 Å². The predicted molar refractivity (Wildman–Crippen MR) is 67.9 cm³/mol. The summed E-state index contributed by atoms with van der Waals surface area (Å²) >= 11 is 0. The minimum atomic E-state index is 0.523. The van der Waals surface area contributed by atoms with Gasteiger partial charge in [0, 0.05) is 12.6 Å². The van der Waals surface area contributed by atoms with Gasteiger partial charge in [-0.1, -0.05) is 6.92 Å². The van der Waals surface area contributed by atoms with Crippen molar-refractivity contribution in [1.82, 2.24) is 0 Å². The summed E-state index contributed by atoms with van der Waals surface area (Å²) in [7, 11) is 1.67. The van der Waals surface area contributed by atoms with Gasteiger partial charge in [0.15, 0.2) is 0 Å². The van der Waals surface area contributed by atoms with E-state index in [0.29, 0.717) is 5.41 Å². The number of hydrogen-bond acceptors (Lipinski definition) is 3. The second kappa shape index (κ2) is 4.24. The van der Waals surface area contributed by atoms with Gasteiger partial charge in [0.25, 0.3) is 0 Å². The normalized spacial score (nSPS) is 16.9. The zero-order chi connectivity index (χ0) is 11.6. The zero-order valence-corrected chi connectivity index (χ0v) is 10.0. The number of rotatable bonds is 5. The van der Waals surface area contributed by atoms with Crippen molar-refractivity contribution in [2.24, 2.45) is 5.41 Å². The van der Waals surface area contributed by atoms with Gasteiger partial charge in [-0.15, -0.1) is 0 Å². The van der Waals surface area contributed by atoms with E-state index in [9.17, 15) is 0 Å². The molecule has 1 saturated carbocycles. The first-order chi connectivity index (χ1) is 7.69. The van der Waals surface area contributed by atoms with E-state index < -0.39 is 0 Å². The second-order valence-electron chi connectivity index (χ2n) is 4.66. The lowest BCUT2D eigenvalue weighted by atomic mass is 10.0. The minimum absolute atomic E-state index is 0.523. The molecule has 0 saturated heterocycles. The summed E-state index contributed by atoms with van der Waals surface area (Å²) in [5, 5.41) is 3.44. The van der Waals surface area contributed by atoms with Gasteiger partial charge in [0.05, 0.1) is 18.5 Å². The zero-order valence-electron chi connectivity index (χ0n) is 10.0. The molecule has 1 aliphatic rings. The Morgan fingerprint density at radius 3 is 2.75 bits per heavy atom. The topological polar surface area (TPSA) is 47.3 Å². The monoisotopic (exact) mass is 220 g/mol. The third-order valence-electron chi connectivity index (χ3n) is 3.62. The molecule has 0 unspecified atom stereocenters. The molecule has 3 nitrogen and oxygen atoms in total. The molecule has 0 aliphatic heterocycles. The Balaban J connectivity index is 2.03. The maximum absolute atomic E-state index is 5.92. The van der Waals surface area contributed by atoms with E-state index in [1.807, 2.05) is 18.2 Å². The summed E-state index contributed by atoms with van der Waals surface area (Å²) in [6.45, 7) is 3.27. The molecule has 1 aromatic carbocycles. The summed E-state index contributed by atoms with van der Waals surface area (Å²) in [5.41, 5.74) is 8.21. The van der Waals surface area contributed by atoms with Gasteiger partial charge in [-0.3, -0.25) is 0 Å². The first-order valence-electron chi connectivity index (χ1n) is 5.86. The second-order valence-corrected chi connectivity index (χ2v) is 4.66. The largest absolute Gasteiger partial charge is 0.497 e. The SMILES string of the molecule is CCC1(CNc2cc(OC)ccc2N)CC1. The summed E-state index contributed by atoms with van der Waals surface area (Å²) in [6.07, 6.45) is 3.91. The Bertz CT molecular complexity index is 372. The van der Waals surface area contributed by atoms with Crippen LogP contribution in [0.25, 0.3) is 0 Å². The number of methoxy groups -OCH3 is 1. The molecule has 0 radical (unpaired) electrons. The van der Waals surface area contributed by atoms with Crippen molar-refractivity contribution in [2.75, 3.05) is 24.7 Å². The van der Waals surface area contributed by atoms with E-state index in [1.54, 1.807) is 7.11 Å². The highest BCUT2D eigenvalue weighted by Crippen LogP contribution is 2.48. The molecule has 16 heavy (non-hydrogen) atoms. The van der Waals surface area contributed by atoms with Crippen LogP contribution in [0.2, 0.25) is 0 Å². The number of nitrogen functional groups attached to an aromatic ring is 1. The third-order valence-corrected chi connectivity index (χ3v) is 3.62. The highest BCUT2D eigenvalue weighted by atomic mass is 16.5. The van der Waals surface area contributed by atoms with Gasteiger partial charge >= 0.3 is 0 Å². The predicted octanol–water partition coefficient (Wildman–Crippen LogP) is 2.88. The van der Waals surface area contributed by atoms with Crippen molar-refractivity contribution < 1.29 is 4.74 Å². The van der Waals surface area contributed by atoms with Gasteiger partial charge in [-0.25, -0.2) is 0 Å². The Kier molecular flexibility index (Phi) is 2.95. The molecule has 0 heterocycles. The fourth-order valence-electron chi connectivity index (χ4n) is 1.93. The van der Waals surface area contributed by atoms with Crippen LogP contribution in [0.4, 0.5) is 11.4 Å². The lowest BCUT2D eigenvalue weighted by molar-refractivity contribution is 0.415. The molecule has 0 amide bonds. The Hall–Kier alpha value is -1.38. The van der Waals surface area contributed by atoms with E-state index >= 15 is 0 Å². The Morgan fingerprint density at radius 2 is 2.19 bits per heavy atom. The van der Waals surface area contributed by atoms with Crippen LogP contribution in [0.1, 0.15) is 26.2 Å². The molecule has 3 heteroatoms. The highest BCUT2D eigenvalue weighted by molar-refractivity contribution is 5.68. The van der Waals surface area contributed by atoms with Crippen molar-refractivity contribution >= 4 is 11.4 Å². The average Bonchev–Trinajstić information content (AvgIpc) is 3.09. The van der Waals surface area contributed by atoms with Crippen LogP contribution in [-0.4, -0.2) is 13.7 Å². The van der Waals surface area contributed by atoms with Crippen molar-refractivity contribution in [2.45, 2.75) is 26.2 Å². The van der Waals surface area contributed by atoms with Gasteiger partial charge in [0.2, 0.25) is 0 Å². The third kappa shape index (κ3) is 2.23. The van der Waals surface area contributed by atoms with Crippen LogP contribution in [0, 0.1) is 5.41 Å². The molecule has 0 aromatic heterocycles. The van der Waals surface area contributed by atoms with Gasteiger partial charge < -0.3 is 15.8 Å². The van der Waals surface area contributed by atoms with Crippen molar-refractivity contribution in [3.63, 3.8) is 0 Å². The standard InChI is InChI=1S/C13H20N2O/c1-3-13(6-7-13)9-15-12-8-10(16-2)4-5-11(12)14/h4-5,8,15H,3,6-7,9,14H2,1-2H3. The lowest BCUT2D eigenvalue weighted by Crippen LogP contribution is -2.15. The van der Waals surface area contributed by atoms with Gasteiger partial charge in [-0.05, 0) is 36.8 Å². The Morgan fingerprint density at radius 1 is 1.44 bits per heavy atom. The molecule has 1 aromatic rings. The maximum atomic E-state index is 5.92. The molecule has 0 spiro atoms. The molecular weight excluding hydrogens is 200 g/mol. The number of hydrogen-bond donors (Lipinski definition) is 2. The van der Waals surface area contributed by atoms with Crippen molar-refractivity contribution in [3.8, 4) is 5.75 Å². The van der Waals surface area contributed by atoms with E-state index in [1.165, 1.54) is 19.3 Å². The minimum Gasteiger partial charge on any atom is -0.497 e. The molecule has 1 aliphatic carbocycles. The first-order valence-corrected chi connectivity index (χ1v) is 5.86. The van der Waals surface area contributed by atoms with Crippen LogP contribution < -0.4 is 15.8 Å². The van der Waals surface area contributed by atoms with Crippen LogP contribution in [0.5, 0.6) is 5.75 Å². The average molecular weight is 220 g/mol. The summed E-state index contributed by atoms with van der Waals surface area (Å²) in [5.74, 6) is 0.845. The van der Waals surface area contributed by atoms with Crippen LogP contribution >= 0.6 is 0 Å². The van der Waals surface area contributed by atoms with Gasteiger partial charge in [0.1, 0.15) is 5.75 Å². The summed E-state index contributed by atoms with van der Waals surface area (Å²) < 4.78 is 5.19. The fourth-order valence-corrected chi connectivity index (χ4v) is 1.93. The molecule has 2 rings (SSSR count). The molecule has 0 bridgehead atoms. The number of benzene rings is 1. The lowest BCUT2D eigenvalue weighted by Gasteiger charge is -2.16. The Labute approximate surface area is 97.0 Å². The van der Waals surface area contributed by atoms with E-state index in [4.69, 9.17) is 10.5 Å². The van der Waals surface area contributed by atoms with Crippen LogP contribution in [0.3, 0.4) is 0 Å². The maximum Gasteiger partial charge on any atom is 0.121 e.